The van der Waals surface area contributed by atoms with Gasteiger partial charge in [0.25, 0.3) is 0 Å². The molecule has 0 radical (unpaired) electrons. The fourth-order valence-electron chi connectivity index (χ4n) is 3.80. The van der Waals surface area contributed by atoms with Crippen molar-refractivity contribution in [2.45, 2.75) is 33.2 Å². The second-order valence-electron chi connectivity index (χ2n) is 7.43. The Hall–Kier alpha value is -3.07. The van der Waals surface area contributed by atoms with Crippen LogP contribution < -0.4 is 5.32 Å². The van der Waals surface area contributed by atoms with Gasteiger partial charge < -0.3 is 10.1 Å². The van der Waals surface area contributed by atoms with Crippen molar-refractivity contribution in [3.63, 3.8) is 0 Å². The highest BCUT2D eigenvalue weighted by Gasteiger charge is 2.27. The molecular formula is C19H22N8O. The van der Waals surface area contributed by atoms with Gasteiger partial charge in [0.2, 0.25) is 5.95 Å². The Morgan fingerprint density at radius 2 is 2.14 bits per heavy atom. The van der Waals surface area contributed by atoms with E-state index in [0.29, 0.717) is 11.9 Å². The standard InChI is InChI=1S/C19H22N8O/c1-11-6-17-21-10-22-26(17)8-15(11)23-19-20-7-14-13(3)25-27(18(14)24-19)16-4-5-28-9-12(16)2/h6-8,10,12,16H,4-5,9H2,1-3H3,(H,20,23,24). The first-order chi connectivity index (χ1) is 13.6. The summed E-state index contributed by atoms with van der Waals surface area (Å²) in [4.78, 5) is 13.5. The van der Waals surface area contributed by atoms with E-state index in [-0.39, 0.29) is 6.04 Å². The molecule has 0 bridgehead atoms. The molecule has 1 fully saturated rings. The molecule has 2 unspecified atom stereocenters. The van der Waals surface area contributed by atoms with E-state index in [1.54, 1.807) is 4.52 Å². The largest absolute Gasteiger partial charge is 0.381 e. The van der Waals surface area contributed by atoms with E-state index >= 15 is 0 Å². The number of rotatable bonds is 3. The summed E-state index contributed by atoms with van der Waals surface area (Å²) in [5.74, 6) is 0.926. The molecule has 0 aliphatic carbocycles. The number of aromatic nitrogens is 7. The smallest absolute Gasteiger partial charge is 0.229 e. The van der Waals surface area contributed by atoms with Crippen LogP contribution in [0, 0.1) is 19.8 Å². The molecule has 2 atom stereocenters. The Bertz CT molecular complexity index is 1160. The zero-order valence-corrected chi connectivity index (χ0v) is 16.1. The van der Waals surface area contributed by atoms with Crippen molar-refractivity contribution in [2.24, 2.45) is 5.92 Å². The van der Waals surface area contributed by atoms with Crippen molar-refractivity contribution in [3.8, 4) is 0 Å². The number of pyridine rings is 1. The van der Waals surface area contributed by atoms with Crippen LogP contribution in [-0.4, -0.2) is 47.6 Å². The zero-order chi connectivity index (χ0) is 19.3. The van der Waals surface area contributed by atoms with Gasteiger partial charge in [-0.05, 0) is 31.9 Å². The molecule has 5 heterocycles. The molecule has 4 aromatic heterocycles. The average molecular weight is 378 g/mol. The fourth-order valence-corrected chi connectivity index (χ4v) is 3.80. The lowest BCUT2D eigenvalue weighted by molar-refractivity contribution is 0.0261. The SMILES string of the molecule is Cc1cc2ncnn2cc1Nc1ncc2c(C)nn(C3CCOCC3C)c2n1. The molecule has 0 spiro atoms. The summed E-state index contributed by atoms with van der Waals surface area (Å²) in [6.45, 7) is 7.72. The van der Waals surface area contributed by atoms with E-state index in [9.17, 15) is 0 Å². The van der Waals surface area contributed by atoms with Crippen LogP contribution in [0.15, 0.2) is 24.8 Å². The number of nitrogens with one attached hydrogen (secondary N) is 1. The van der Waals surface area contributed by atoms with Crippen LogP contribution in [-0.2, 0) is 4.74 Å². The Kier molecular flexibility index (Phi) is 3.97. The molecule has 5 rings (SSSR count). The maximum absolute atomic E-state index is 5.60. The number of aryl methyl sites for hydroxylation is 2. The number of ether oxygens (including phenoxy) is 1. The van der Waals surface area contributed by atoms with Gasteiger partial charge in [-0.2, -0.15) is 15.2 Å². The van der Waals surface area contributed by atoms with E-state index in [0.717, 1.165) is 53.3 Å². The summed E-state index contributed by atoms with van der Waals surface area (Å²) in [6.07, 6.45) is 6.22. The van der Waals surface area contributed by atoms with Crippen molar-refractivity contribution >= 4 is 28.3 Å². The molecule has 1 aliphatic heterocycles. The third-order valence-electron chi connectivity index (χ3n) is 5.41. The van der Waals surface area contributed by atoms with Crippen LogP contribution >= 0.6 is 0 Å². The third kappa shape index (κ3) is 2.78. The lowest BCUT2D eigenvalue weighted by Gasteiger charge is -2.29. The van der Waals surface area contributed by atoms with E-state index in [2.05, 4.69) is 32.0 Å². The Morgan fingerprint density at radius 3 is 3.00 bits per heavy atom. The number of hydrogen-bond acceptors (Lipinski definition) is 7. The summed E-state index contributed by atoms with van der Waals surface area (Å²) in [5.41, 5.74) is 4.54. The van der Waals surface area contributed by atoms with Crippen LogP contribution in [0.1, 0.15) is 30.6 Å². The van der Waals surface area contributed by atoms with Gasteiger partial charge >= 0.3 is 0 Å². The first kappa shape index (κ1) is 17.1. The van der Waals surface area contributed by atoms with E-state index in [4.69, 9.17) is 14.8 Å². The van der Waals surface area contributed by atoms with Crippen molar-refractivity contribution < 1.29 is 4.74 Å². The first-order valence-electron chi connectivity index (χ1n) is 9.47. The molecule has 28 heavy (non-hydrogen) atoms. The van der Waals surface area contributed by atoms with Gasteiger partial charge in [0.1, 0.15) is 6.33 Å². The highest BCUT2D eigenvalue weighted by molar-refractivity contribution is 5.79. The topological polar surface area (TPSA) is 95.1 Å². The lowest BCUT2D eigenvalue weighted by atomic mass is 9.98. The van der Waals surface area contributed by atoms with Gasteiger partial charge in [-0.1, -0.05) is 6.92 Å². The van der Waals surface area contributed by atoms with Crippen LogP contribution in [0.25, 0.3) is 16.7 Å². The summed E-state index contributed by atoms with van der Waals surface area (Å²) in [5, 5.41) is 13.3. The van der Waals surface area contributed by atoms with E-state index in [1.165, 1.54) is 6.33 Å². The van der Waals surface area contributed by atoms with E-state index < -0.39 is 0 Å². The van der Waals surface area contributed by atoms with Gasteiger partial charge in [0.05, 0.1) is 35.6 Å². The molecule has 1 aliphatic rings. The van der Waals surface area contributed by atoms with Crippen molar-refractivity contribution in [3.05, 3.63) is 36.0 Å². The molecule has 9 heteroatoms. The highest BCUT2D eigenvalue weighted by Crippen LogP contribution is 2.30. The third-order valence-corrected chi connectivity index (χ3v) is 5.41. The minimum atomic E-state index is 0.279. The second-order valence-corrected chi connectivity index (χ2v) is 7.43. The van der Waals surface area contributed by atoms with Gasteiger partial charge in [-0.15, -0.1) is 0 Å². The molecule has 1 saturated heterocycles. The minimum Gasteiger partial charge on any atom is -0.381 e. The Morgan fingerprint density at radius 1 is 1.25 bits per heavy atom. The number of anilines is 2. The second kappa shape index (κ2) is 6.52. The first-order valence-corrected chi connectivity index (χ1v) is 9.47. The average Bonchev–Trinajstić information content (AvgIpc) is 3.26. The summed E-state index contributed by atoms with van der Waals surface area (Å²) < 4.78 is 9.38. The predicted octanol–water partition coefficient (Wildman–Crippen LogP) is 2.83. The molecule has 4 aromatic rings. The minimum absolute atomic E-state index is 0.279. The Labute approximate surface area is 161 Å². The Balaban J connectivity index is 1.55. The molecule has 0 amide bonds. The predicted molar refractivity (Wildman–Crippen MR) is 105 cm³/mol. The fraction of sp³-hybridized carbons (Fsp3) is 0.421. The highest BCUT2D eigenvalue weighted by atomic mass is 16.5. The molecular weight excluding hydrogens is 356 g/mol. The molecule has 1 N–H and O–H groups in total. The van der Waals surface area contributed by atoms with Crippen LogP contribution in [0.5, 0.6) is 0 Å². The quantitative estimate of drug-likeness (QED) is 0.586. The zero-order valence-electron chi connectivity index (χ0n) is 16.1. The van der Waals surface area contributed by atoms with Crippen molar-refractivity contribution in [1.82, 2.24) is 34.3 Å². The number of hydrogen-bond donors (Lipinski definition) is 1. The number of nitrogens with zero attached hydrogens (tertiary/aromatic N) is 7. The number of fused-ring (bicyclic) bond motifs is 2. The summed E-state index contributed by atoms with van der Waals surface area (Å²) in [7, 11) is 0. The molecule has 0 aromatic carbocycles. The summed E-state index contributed by atoms with van der Waals surface area (Å²) in [6, 6.07) is 2.26. The summed E-state index contributed by atoms with van der Waals surface area (Å²) >= 11 is 0. The lowest BCUT2D eigenvalue weighted by Crippen LogP contribution is -2.28. The van der Waals surface area contributed by atoms with E-state index in [1.807, 2.05) is 32.3 Å². The van der Waals surface area contributed by atoms with Crippen LogP contribution in [0.4, 0.5) is 11.6 Å². The van der Waals surface area contributed by atoms with Gasteiger partial charge in [-0.25, -0.2) is 19.2 Å². The molecule has 144 valence electrons. The van der Waals surface area contributed by atoms with Crippen molar-refractivity contribution in [2.75, 3.05) is 18.5 Å². The van der Waals surface area contributed by atoms with Crippen molar-refractivity contribution in [1.29, 1.82) is 0 Å². The molecule has 9 nitrogen and oxygen atoms in total. The van der Waals surface area contributed by atoms with Crippen LogP contribution in [0.2, 0.25) is 0 Å². The monoisotopic (exact) mass is 378 g/mol. The van der Waals surface area contributed by atoms with Gasteiger partial charge in [-0.3, -0.25) is 0 Å². The van der Waals surface area contributed by atoms with Gasteiger partial charge in [0, 0.05) is 18.7 Å². The maximum atomic E-state index is 5.60. The normalized spacial score (nSPS) is 20.1. The van der Waals surface area contributed by atoms with Crippen LogP contribution in [0.3, 0.4) is 0 Å². The maximum Gasteiger partial charge on any atom is 0.229 e. The molecule has 0 saturated carbocycles. The van der Waals surface area contributed by atoms with Gasteiger partial charge in [0.15, 0.2) is 11.3 Å².